The van der Waals surface area contributed by atoms with E-state index in [1.165, 1.54) is 11.1 Å². The maximum Gasteiger partial charge on any atom is 0.230 e. The van der Waals surface area contributed by atoms with E-state index in [9.17, 15) is 4.79 Å². The topological polar surface area (TPSA) is 42.0 Å². The van der Waals surface area contributed by atoms with Crippen molar-refractivity contribution in [3.63, 3.8) is 0 Å². The van der Waals surface area contributed by atoms with Crippen LogP contribution in [0, 0.1) is 6.92 Å². The van der Waals surface area contributed by atoms with Crippen LogP contribution >= 0.6 is 23.5 Å². The largest absolute Gasteiger partial charge is 0.355 e. The minimum atomic E-state index is 0.0974. The predicted molar refractivity (Wildman–Crippen MR) is 95.3 cm³/mol. The summed E-state index contributed by atoms with van der Waals surface area (Å²) in [7, 11) is 0. The van der Waals surface area contributed by atoms with Crippen LogP contribution in [0.4, 0.5) is 0 Å². The highest BCUT2D eigenvalue weighted by molar-refractivity contribution is 7.99. The molecule has 0 saturated carbocycles. The Balaban J connectivity index is 1.57. The fourth-order valence-electron chi connectivity index (χ4n) is 1.86. The van der Waals surface area contributed by atoms with Crippen molar-refractivity contribution in [3.8, 4) is 0 Å². The fourth-order valence-corrected chi connectivity index (χ4v) is 3.51. The molecular formula is C17H20N2OS2. The first-order valence-corrected chi connectivity index (χ1v) is 9.32. The number of hydrogen-bond acceptors (Lipinski definition) is 4. The monoisotopic (exact) mass is 332 g/mol. The first kappa shape index (κ1) is 16.9. The lowest BCUT2D eigenvalue weighted by Gasteiger charge is -2.06. The van der Waals surface area contributed by atoms with E-state index in [-0.39, 0.29) is 5.91 Å². The predicted octanol–water partition coefficient (Wildman–Crippen LogP) is 3.53. The molecule has 1 N–H and O–H groups in total. The van der Waals surface area contributed by atoms with Gasteiger partial charge in [-0.25, -0.2) is 4.98 Å². The third kappa shape index (κ3) is 6.12. The van der Waals surface area contributed by atoms with Gasteiger partial charge in [0.1, 0.15) is 0 Å². The van der Waals surface area contributed by atoms with Crippen molar-refractivity contribution in [1.82, 2.24) is 10.3 Å². The zero-order valence-corrected chi connectivity index (χ0v) is 14.3. The fraction of sp³-hybridized carbons (Fsp3) is 0.294. The number of nitrogens with one attached hydrogen (secondary N) is 1. The zero-order valence-electron chi connectivity index (χ0n) is 12.6. The molecule has 0 atom stereocenters. The summed E-state index contributed by atoms with van der Waals surface area (Å²) in [4.78, 5) is 16.0. The minimum absolute atomic E-state index is 0.0974. The summed E-state index contributed by atoms with van der Waals surface area (Å²) in [6, 6.07) is 14.1. The van der Waals surface area contributed by atoms with Crippen molar-refractivity contribution in [1.29, 1.82) is 0 Å². The molecule has 0 radical (unpaired) electrons. The Kier molecular flexibility index (Phi) is 7.33. The highest BCUT2D eigenvalue weighted by Crippen LogP contribution is 2.15. The van der Waals surface area contributed by atoms with E-state index in [0.717, 1.165) is 16.5 Å². The number of amides is 1. The standard InChI is InChI=1S/C17H20N2OS2/c1-14-6-2-3-7-15(14)12-21-13-16(20)18-10-11-22-17-8-4-5-9-19-17/h2-9H,10-13H2,1H3,(H,18,20). The lowest BCUT2D eigenvalue weighted by molar-refractivity contribution is -0.118. The summed E-state index contributed by atoms with van der Waals surface area (Å²) in [5.41, 5.74) is 2.58. The van der Waals surface area contributed by atoms with Crippen LogP contribution in [0.3, 0.4) is 0 Å². The van der Waals surface area contributed by atoms with Crippen LogP contribution in [0.5, 0.6) is 0 Å². The summed E-state index contributed by atoms with van der Waals surface area (Å²) < 4.78 is 0. The third-order valence-corrected chi connectivity index (χ3v) is 4.99. The molecule has 0 unspecified atom stereocenters. The quantitative estimate of drug-likeness (QED) is 0.593. The van der Waals surface area contributed by atoms with Gasteiger partial charge in [0.15, 0.2) is 0 Å². The number of carbonyl (C=O) groups excluding carboxylic acids is 1. The normalized spacial score (nSPS) is 10.4. The van der Waals surface area contributed by atoms with Gasteiger partial charge in [0.25, 0.3) is 0 Å². The number of benzene rings is 1. The van der Waals surface area contributed by atoms with Gasteiger partial charge in [0.2, 0.25) is 5.91 Å². The van der Waals surface area contributed by atoms with E-state index in [1.54, 1.807) is 29.7 Å². The zero-order chi connectivity index (χ0) is 15.6. The molecule has 0 bridgehead atoms. The Labute approximate surface area is 140 Å². The molecule has 0 saturated heterocycles. The lowest BCUT2D eigenvalue weighted by Crippen LogP contribution is -2.27. The molecule has 3 nitrogen and oxygen atoms in total. The molecule has 1 aromatic heterocycles. The number of aromatic nitrogens is 1. The van der Waals surface area contributed by atoms with Gasteiger partial charge in [-0.1, -0.05) is 30.3 Å². The summed E-state index contributed by atoms with van der Waals surface area (Å²) >= 11 is 3.30. The van der Waals surface area contributed by atoms with Crippen LogP contribution < -0.4 is 5.32 Å². The smallest absolute Gasteiger partial charge is 0.230 e. The number of thioether (sulfide) groups is 2. The van der Waals surface area contributed by atoms with Crippen LogP contribution in [0.15, 0.2) is 53.7 Å². The first-order valence-electron chi connectivity index (χ1n) is 7.18. The van der Waals surface area contributed by atoms with Crippen molar-refractivity contribution in [3.05, 3.63) is 59.8 Å². The van der Waals surface area contributed by atoms with Crippen molar-refractivity contribution in [2.45, 2.75) is 17.7 Å². The number of hydrogen-bond donors (Lipinski definition) is 1. The van der Waals surface area contributed by atoms with Gasteiger partial charge in [-0.3, -0.25) is 4.79 Å². The number of nitrogens with zero attached hydrogens (tertiary/aromatic N) is 1. The van der Waals surface area contributed by atoms with Gasteiger partial charge in [-0.05, 0) is 30.2 Å². The summed E-state index contributed by atoms with van der Waals surface area (Å²) in [5, 5.41) is 3.94. The number of carbonyl (C=O) groups is 1. The molecule has 5 heteroatoms. The Morgan fingerprint density at radius 2 is 2.00 bits per heavy atom. The van der Waals surface area contributed by atoms with Gasteiger partial charge < -0.3 is 5.32 Å². The number of rotatable bonds is 8. The minimum Gasteiger partial charge on any atom is -0.355 e. The molecule has 0 aliphatic carbocycles. The number of aryl methyl sites for hydroxylation is 1. The van der Waals surface area contributed by atoms with Crippen molar-refractivity contribution >= 4 is 29.4 Å². The summed E-state index contributed by atoms with van der Waals surface area (Å²) in [6.45, 7) is 2.77. The van der Waals surface area contributed by atoms with E-state index in [4.69, 9.17) is 0 Å². The average Bonchev–Trinajstić information content (AvgIpc) is 2.54. The molecule has 22 heavy (non-hydrogen) atoms. The van der Waals surface area contributed by atoms with E-state index in [2.05, 4.69) is 29.4 Å². The third-order valence-electron chi connectivity index (χ3n) is 3.06. The highest BCUT2D eigenvalue weighted by atomic mass is 32.2. The second kappa shape index (κ2) is 9.54. The molecule has 1 heterocycles. The van der Waals surface area contributed by atoms with Gasteiger partial charge in [0.05, 0.1) is 10.8 Å². The second-order valence-electron chi connectivity index (χ2n) is 4.79. The molecule has 1 aromatic carbocycles. The maximum absolute atomic E-state index is 11.8. The van der Waals surface area contributed by atoms with Crippen molar-refractivity contribution in [2.75, 3.05) is 18.1 Å². The average molecular weight is 332 g/mol. The van der Waals surface area contributed by atoms with Gasteiger partial charge in [0, 0.05) is 24.2 Å². The van der Waals surface area contributed by atoms with Crippen LogP contribution in [-0.4, -0.2) is 28.9 Å². The second-order valence-corrected chi connectivity index (χ2v) is 6.89. The summed E-state index contributed by atoms with van der Waals surface area (Å²) in [6.07, 6.45) is 1.78. The highest BCUT2D eigenvalue weighted by Gasteiger charge is 2.03. The van der Waals surface area contributed by atoms with E-state index < -0.39 is 0 Å². The van der Waals surface area contributed by atoms with E-state index in [1.807, 2.05) is 30.3 Å². The molecule has 0 fully saturated rings. The van der Waals surface area contributed by atoms with Crippen molar-refractivity contribution < 1.29 is 4.79 Å². The van der Waals surface area contributed by atoms with Crippen LogP contribution in [0.2, 0.25) is 0 Å². The van der Waals surface area contributed by atoms with Crippen LogP contribution in [0.1, 0.15) is 11.1 Å². The molecule has 2 rings (SSSR count). The lowest BCUT2D eigenvalue weighted by atomic mass is 10.1. The van der Waals surface area contributed by atoms with Gasteiger partial charge in [-0.2, -0.15) is 0 Å². The van der Waals surface area contributed by atoms with Gasteiger partial charge in [-0.15, -0.1) is 23.5 Å². The molecular weight excluding hydrogens is 312 g/mol. The Morgan fingerprint density at radius 1 is 1.18 bits per heavy atom. The molecule has 116 valence electrons. The van der Waals surface area contributed by atoms with E-state index >= 15 is 0 Å². The molecule has 1 amide bonds. The SMILES string of the molecule is Cc1ccccc1CSCC(=O)NCCSc1ccccn1. The van der Waals surface area contributed by atoms with Crippen LogP contribution in [-0.2, 0) is 10.5 Å². The first-order chi connectivity index (χ1) is 10.8. The van der Waals surface area contributed by atoms with Crippen LogP contribution in [0.25, 0.3) is 0 Å². The Hall–Kier alpha value is -1.46. The van der Waals surface area contributed by atoms with Gasteiger partial charge >= 0.3 is 0 Å². The molecule has 0 spiro atoms. The summed E-state index contributed by atoms with van der Waals surface area (Å²) in [5.74, 6) is 2.32. The van der Waals surface area contributed by atoms with E-state index in [0.29, 0.717) is 12.3 Å². The molecule has 0 aliphatic heterocycles. The maximum atomic E-state index is 11.8. The molecule has 0 aliphatic rings. The Bertz CT molecular complexity index is 590. The molecule has 2 aromatic rings. The Morgan fingerprint density at radius 3 is 2.77 bits per heavy atom. The number of pyridine rings is 1. The van der Waals surface area contributed by atoms with Crippen molar-refractivity contribution in [2.24, 2.45) is 0 Å².